The Bertz CT molecular complexity index is 653. The molecule has 2 fully saturated rings. The number of hydrogen-bond donors (Lipinski definition) is 1. The lowest BCUT2D eigenvalue weighted by Gasteiger charge is -2.18. The average molecular weight is 386 g/mol. The second kappa shape index (κ2) is 6.83. The van der Waals surface area contributed by atoms with Crippen molar-refractivity contribution in [1.29, 1.82) is 0 Å². The number of halogens is 3. The molecule has 1 heterocycles. The lowest BCUT2D eigenvalue weighted by molar-refractivity contribution is 0.426. The summed E-state index contributed by atoms with van der Waals surface area (Å²) >= 11 is 11.8. The molecule has 3 unspecified atom stereocenters. The highest BCUT2D eigenvalue weighted by Crippen LogP contribution is 2.38. The molecule has 0 aromatic heterocycles. The Morgan fingerprint density at radius 1 is 1.18 bits per heavy atom. The second-order valence-corrected chi connectivity index (χ2v) is 8.77. The molecule has 4 nitrogen and oxygen atoms in total. The van der Waals surface area contributed by atoms with E-state index in [1.165, 1.54) is 0 Å². The van der Waals surface area contributed by atoms with Crippen molar-refractivity contribution < 1.29 is 8.42 Å². The van der Waals surface area contributed by atoms with Crippen molar-refractivity contribution in [2.24, 2.45) is 17.6 Å². The zero-order valence-electron chi connectivity index (χ0n) is 11.9. The molecule has 0 bridgehead atoms. The highest BCUT2D eigenvalue weighted by Gasteiger charge is 2.44. The van der Waals surface area contributed by atoms with Gasteiger partial charge in [-0.25, -0.2) is 12.7 Å². The first-order valence-electron chi connectivity index (χ1n) is 7.04. The zero-order chi connectivity index (χ0) is 15.2. The fraction of sp³-hybridized carbons (Fsp3) is 0.571. The molecule has 2 aliphatic rings. The van der Waals surface area contributed by atoms with Crippen molar-refractivity contribution in [1.82, 2.24) is 4.31 Å². The zero-order valence-corrected chi connectivity index (χ0v) is 15.1. The van der Waals surface area contributed by atoms with E-state index in [1.807, 2.05) is 0 Å². The maximum Gasteiger partial charge on any atom is 0.218 e. The summed E-state index contributed by atoms with van der Waals surface area (Å²) in [6.45, 7) is 1.15. The molecular formula is C14H19Cl3N2O2S. The maximum atomic E-state index is 12.5. The molecular weight excluding hydrogens is 367 g/mol. The Balaban J connectivity index is 0.00000176. The molecule has 1 aromatic rings. The minimum atomic E-state index is -3.33. The number of nitrogens with zero attached hydrogens (tertiary/aromatic N) is 1. The Morgan fingerprint density at radius 3 is 2.55 bits per heavy atom. The summed E-state index contributed by atoms with van der Waals surface area (Å²) in [7, 11) is -3.33. The Labute approximate surface area is 147 Å². The van der Waals surface area contributed by atoms with Crippen molar-refractivity contribution in [3.63, 3.8) is 0 Å². The average Bonchev–Trinajstić information content (AvgIpc) is 2.97. The van der Waals surface area contributed by atoms with Gasteiger partial charge in [-0.3, -0.25) is 0 Å². The van der Waals surface area contributed by atoms with Gasteiger partial charge in [0.25, 0.3) is 0 Å². The van der Waals surface area contributed by atoms with Gasteiger partial charge in [0.05, 0.1) is 15.8 Å². The van der Waals surface area contributed by atoms with Gasteiger partial charge in [0.1, 0.15) is 0 Å². The smallest absolute Gasteiger partial charge is 0.218 e. The van der Waals surface area contributed by atoms with Crippen LogP contribution in [0.5, 0.6) is 0 Å². The van der Waals surface area contributed by atoms with Crippen molar-refractivity contribution >= 4 is 45.6 Å². The highest BCUT2D eigenvalue weighted by atomic mass is 35.5. The third-order valence-electron chi connectivity index (χ3n) is 4.61. The lowest BCUT2D eigenvalue weighted by Crippen LogP contribution is -2.34. The lowest BCUT2D eigenvalue weighted by atomic mass is 9.98. The minimum Gasteiger partial charge on any atom is -0.327 e. The molecule has 1 saturated heterocycles. The molecule has 8 heteroatoms. The minimum absolute atomic E-state index is 0. The van der Waals surface area contributed by atoms with Crippen LogP contribution in [0.3, 0.4) is 0 Å². The molecule has 3 atom stereocenters. The Kier molecular flexibility index (Phi) is 5.68. The van der Waals surface area contributed by atoms with Crippen molar-refractivity contribution in [3.05, 3.63) is 33.8 Å². The van der Waals surface area contributed by atoms with Crippen molar-refractivity contribution in [2.75, 3.05) is 13.1 Å². The molecule has 3 rings (SSSR count). The van der Waals surface area contributed by atoms with Crippen molar-refractivity contribution in [2.45, 2.75) is 24.6 Å². The topological polar surface area (TPSA) is 63.4 Å². The third kappa shape index (κ3) is 3.55. The second-order valence-electron chi connectivity index (χ2n) is 5.99. The molecule has 2 N–H and O–H groups in total. The third-order valence-corrected chi connectivity index (χ3v) is 7.13. The maximum absolute atomic E-state index is 12.5. The van der Waals surface area contributed by atoms with E-state index < -0.39 is 10.0 Å². The SMILES string of the molecule is Cl.NC1CCC2CN(S(=O)(=O)Cc3ccc(Cl)c(Cl)c3)CC12. The Hall–Kier alpha value is -0.0400. The molecule has 1 aromatic carbocycles. The quantitative estimate of drug-likeness (QED) is 0.870. The number of benzene rings is 1. The van der Waals surface area contributed by atoms with E-state index >= 15 is 0 Å². The van der Waals surface area contributed by atoms with Crippen molar-refractivity contribution in [3.8, 4) is 0 Å². The summed E-state index contributed by atoms with van der Waals surface area (Å²) in [5.41, 5.74) is 6.72. The molecule has 124 valence electrons. The summed E-state index contributed by atoms with van der Waals surface area (Å²) in [5, 5.41) is 0.809. The van der Waals surface area contributed by atoms with Gasteiger partial charge >= 0.3 is 0 Å². The van der Waals surface area contributed by atoms with Crippen LogP contribution >= 0.6 is 35.6 Å². The Morgan fingerprint density at radius 2 is 1.91 bits per heavy atom. The molecule has 1 aliphatic heterocycles. The van der Waals surface area contributed by atoms with E-state index in [2.05, 4.69) is 0 Å². The molecule has 1 saturated carbocycles. The van der Waals surface area contributed by atoms with Crippen LogP contribution in [0.1, 0.15) is 18.4 Å². The molecule has 22 heavy (non-hydrogen) atoms. The van der Waals surface area contributed by atoms with E-state index in [-0.39, 0.29) is 24.2 Å². The van der Waals surface area contributed by atoms with E-state index in [0.717, 1.165) is 12.8 Å². The van der Waals surface area contributed by atoms with Crippen LogP contribution < -0.4 is 5.73 Å². The van der Waals surface area contributed by atoms with Gasteiger partial charge < -0.3 is 5.73 Å². The first kappa shape index (κ1) is 18.3. The standard InChI is InChI=1S/C14H18Cl2N2O2S.ClH/c15-12-3-1-9(5-13(12)16)8-21(19,20)18-6-10-2-4-14(17)11(10)7-18;/h1,3,5,10-11,14H,2,4,6-8,17H2;1H. The molecule has 0 spiro atoms. The first-order valence-corrected chi connectivity index (χ1v) is 9.40. The summed E-state index contributed by atoms with van der Waals surface area (Å²) in [6.07, 6.45) is 2.04. The number of rotatable bonds is 3. The van der Waals surface area contributed by atoms with Crippen LogP contribution in [0.2, 0.25) is 10.0 Å². The fourth-order valence-electron chi connectivity index (χ4n) is 3.43. The van der Waals surface area contributed by atoms with E-state index in [1.54, 1.807) is 22.5 Å². The van der Waals surface area contributed by atoms with Crippen LogP contribution in [0.25, 0.3) is 0 Å². The van der Waals surface area contributed by atoms with E-state index in [4.69, 9.17) is 28.9 Å². The number of fused-ring (bicyclic) bond motifs is 1. The number of hydrogen-bond acceptors (Lipinski definition) is 3. The van der Waals surface area contributed by atoms with Gasteiger partial charge in [-0.1, -0.05) is 29.3 Å². The number of nitrogens with two attached hydrogens (primary N) is 1. The summed E-state index contributed by atoms with van der Waals surface area (Å²) < 4.78 is 26.7. The molecule has 0 radical (unpaired) electrons. The molecule has 1 aliphatic carbocycles. The van der Waals surface area contributed by atoms with Crippen LogP contribution in [-0.2, 0) is 15.8 Å². The van der Waals surface area contributed by atoms with Crippen LogP contribution in [0, 0.1) is 11.8 Å². The fourth-order valence-corrected chi connectivity index (χ4v) is 5.35. The van der Waals surface area contributed by atoms with Crippen LogP contribution in [0.4, 0.5) is 0 Å². The van der Waals surface area contributed by atoms with E-state index in [9.17, 15) is 8.42 Å². The van der Waals surface area contributed by atoms with E-state index in [0.29, 0.717) is 40.5 Å². The predicted molar refractivity (Wildman–Crippen MR) is 92.1 cm³/mol. The largest absolute Gasteiger partial charge is 0.327 e. The van der Waals surface area contributed by atoms with Crippen LogP contribution in [0.15, 0.2) is 18.2 Å². The monoisotopic (exact) mass is 384 g/mol. The summed E-state index contributed by atoms with van der Waals surface area (Å²) in [6, 6.07) is 5.09. The predicted octanol–water partition coefficient (Wildman–Crippen LogP) is 2.91. The normalized spacial score (nSPS) is 28.4. The van der Waals surface area contributed by atoms with Crippen LogP contribution in [-0.4, -0.2) is 31.9 Å². The summed E-state index contributed by atoms with van der Waals surface area (Å²) in [4.78, 5) is 0. The molecule has 0 amide bonds. The first-order chi connectivity index (χ1) is 9.87. The van der Waals surface area contributed by atoms with Gasteiger partial charge in [0.2, 0.25) is 10.0 Å². The number of sulfonamides is 1. The van der Waals surface area contributed by atoms with Gasteiger partial charge in [0.15, 0.2) is 0 Å². The highest BCUT2D eigenvalue weighted by molar-refractivity contribution is 7.88. The van der Waals surface area contributed by atoms with Gasteiger partial charge in [0, 0.05) is 19.1 Å². The van der Waals surface area contributed by atoms with Gasteiger partial charge in [-0.2, -0.15) is 0 Å². The van der Waals surface area contributed by atoms with Gasteiger partial charge in [-0.15, -0.1) is 12.4 Å². The van der Waals surface area contributed by atoms with Gasteiger partial charge in [-0.05, 0) is 42.4 Å². The summed E-state index contributed by atoms with van der Waals surface area (Å²) in [5.74, 6) is 0.690.